The van der Waals surface area contributed by atoms with Crippen LogP contribution < -0.4 is 5.32 Å². The number of nitrogens with zero attached hydrogens (tertiary/aromatic N) is 4. The van der Waals surface area contributed by atoms with Crippen molar-refractivity contribution in [3.05, 3.63) is 47.8 Å². The second-order valence-electron chi connectivity index (χ2n) is 6.83. The number of imidazole rings is 1. The Morgan fingerprint density at radius 1 is 1.25 bits per heavy atom. The molecule has 2 aromatic heterocycles. The lowest BCUT2D eigenvalue weighted by Gasteiger charge is -2.27. The molecular formula is C18H23N5O. The van der Waals surface area contributed by atoms with E-state index in [1.54, 1.807) is 0 Å². The largest absolute Gasteiger partial charge is 0.350 e. The molecule has 6 nitrogen and oxygen atoms in total. The number of rotatable bonds is 6. The Morgan fingerprint density at radius 3 is 2.88 bits per heavy atom. The summed E-state index contributed by atoms with van der Waals surface area (Å²) in [6.07, 6.45) is 8.84. The minimum Gasteiger partial charge on any atom is -0.350 e. The third-order valence-corrected chi connectivity index (χ3v) is 4.72. The molecular weight excluding hydrogens is 302 g/mol. The van der Waals surface area contributed by atoms with Gasteiger partial charge in [-0.15, -0.1) is 0 Å². The lowest BCUT2D eigenvalue weighted by molar-refractivity contribution is -0.121. The molecule has 6 heteroatoms. The van der Waals surface area contributed by atoms with E-state index < -0.39 is 0 Å². The standard InChI is InChI=1S/C18H23N5O/c24-18(9-14-1-2-14)20-10-16-12-23-8-7-22(13-17(23)21-16)11-15-3-5-19-6-4-15/h3-6,12,14H,1-2,7-11,13H2,(H,20,24). The highest BCUT2D eigenvalue weighted by Gasteiger charge is 2.24. The van der Waals surface area contributed by atoms with Crippen molar-refractivity contribution < 1.29 is 4.79 Å². The fourth-order valence-corrected chi connectivity index (χ4v) is 3.17. The Bertz CT molecular complexity index is 707. The molecule has 0 radical (unpaired) electrons. The number of aromatic nitrogens is 3. The van der Waals surface area contributed by atoms with Gasteiger partial charge in [-0.3, -0.25) is 14.7 Å². The first-order valence-corrected chi connectivity index (χ1v) is 8.69. The van der Waals surface area contributed by atoms with E-state index in [1.807, 2.05) is 12.4 Å². The first kappa shape index (κ1) is 15.3. The maximum Gasteiger partial charge on any atom is 0.220 e. The smallest absolute Gasteiger partial charge is 0.220 e. The van der Waals surface area contributed by atoms with Crippen LogP contribution in [-0.2, 0) is 31.0 Å². The summed E-state index contributed by atoms with van der Waals surface area (Å²) in [7, 11) is 0. The third-order valence-electron chi connectivity index (χ3n) is 4.72. The summed E-state index contributed by atoms with van der Waals surface area (Å²) in [6.45, 7) is 4.26. The molecule has 0 bridgehead atoms. The highest BCUT2D eigenvalue weighted by Crippen LogP contribution is 2.32. The van der Waals surface area contributed by atoms with Crippen LogP contribution in [0, 0.1) is 5.92 Å². The van der Waals surface area contributed by atoms with Crippen molar-refractivity contribution in [1.82, 2.24) is 24.8 Å². The topological polar surface area (TPSA) is 63.1 Å². The lowest BCUT2D eigenvalue weighted by atomic mass is 10.2. The molecule has 1 amide bonds. The van der Waals surface area contributed by atoms with Crippen LogP contribution in [0.5, 0.6) is 0 Å². The average molecular weight is 325 g/mol. The van der Waals surface area contributed by atoms with Crippen molar-refractivity contribution in [1.29, 1.82) is 0 Å². The Hall–Kier alpha value is -2.21. The fraction of sp³-hybridized carbons (Fsp3) is 0.500. The summed E-state index contributed by atoms with van der Waals surface area (Å²) in [5, 5.41) is 3.00. The highest BCUT2D eigenvalue weighted by atomic mass is 16.1. The van der Waals surface area contributed by atoms with Crippen LogP contribution in [0.15, 0.2) is 30.7 Å². The van der Waals surface area contributed by atoms with Crippen LogP contribution in [0.4, 0.5) is 0 Å². The number of carbonyl (C=O) groups excluding carboxylic acids is 1. The molecule has 0 saturated heterocycles. The van der Waals surface area contributed by atoms with Gasteiger partial charge in [0, 0.05) is 44.6 Å². The summed E-state index contributed by atoms with van der Waals surface area (Å²) < 4.78 is 2.21. The molecule has 0 aromatic carbocycles. The quantitative estimate of drug-likeness (QED) is 0.878. The normalized spacial score (nSPS) is 17.5. The van der Waals surface area contributed by atoms with Gasteiger partial charge in [0.05, 0.1) is 18.8 Å². The van der Waals surface area contributed by atoms with Crippen molar-refractivity contribution >= 4 is 5.91 Å². The molecule has 1 N–H and O–H groups in total. The second kappa shape index (κ2) is 6.73. The maximum atomic E-state index is 11.8. The zero-order valence-electron chi connectivity index (χ0n) is 13.8. The molecule has 0 atom stereocenters. The van der Waals surface area contributed by atoms with E-state index >= 15 is 0 Å². The Balaban J connectivity index is 1.32. The maximum absolute atomic E-state index is 11.8. The Morgan fingerprint density at radius 2 is 2.08 bits per heavy atom. The molecule has 4 rings (SSSR count). The first-order valence-electron chi connectivity index (χ1n) is 8.69. The molecule has 3 heterocycles. The summed E-state index contributed by atoms with van der Waals surface area (Å²) in [6, 6.07) is 4.11. The van der Waals surface area contributed by atoms with Crippen molar-refractivity contribution in [2.45, 2.75) is 45.4 Å². The number of pyridine rings is 1. The van der Waals surface area contributed by atoms with Crippen LogP contribution in [0.3, 0.4) is 0 Å². The van der Waals surface area contributed by atoms with E-state index in [-0.39, 0.29) is 5.91 Å². The van der Waals surface area contributed by atoms with Crippen LogP contribution >= 0.6 is 0 Å². The summed E-state index contributed by atoms with van der Waals surface area (Å²) in [4.78, 5) is 23.0. The van der Waals surface area contributed by atoms with Gasteiger partial charge >= 0.3 is 0 Å². The molecule has 24 heavy (non-hydrogen) atoms. The molecule has 1 aliphatic heterocycles. The van der Waals surface area contributed by atoms with Gasteiger partial charge in [-0.05, 0) is 36.5 Å². The second-order valence-corrected chi connectivity index (χ2v) is 6.83. The van der Waals surface area contributed by atoms with Crippen molar-refractivity contribution in [3.8, 4) is 0 Å². The predicted molar refractivity (Wildman–Crippen MR) is 89.8 cm³/mol. The van der Waals surface area contributed by atoms with E-state index in [1.165, 1.54) is 18.4 Å². The van der Waals surface area contributed by atoms with Crippen molar-refractivity contribution in [2.24, 2.45) is 5.92 Å². The van der Waals surface area contributed by atoms with Gasteiger partial charge in [-0.2, -0.15) is 0 Å². The third kappa shape index (κ3) is 3.82. The van der Waals surface area contributed by atoms with Crippen molar-refractivity contribution in [3.63, 3.8) is 0 Å². The Kier molecular flexibility index (Phi) is 4.30. The highest BCUT2D eigenvalue weighted by molar-refractivity contribution is 5.76. The molecule has 0 unspecified atom stereocenters. The van der Waals surface area contributed by atoms with Crippen LogP contribution in [0.25, 0.3) is 0 Å². The zero-order valence-corrected chi connectivity index (χ0v) is 13.8. The molecule has 1 saturated carbocycles. The predicted octanol–water partition coefficient (Wildman–Crippen LogP) is 1.71. The monoisotopic (exact) mass is 325 g/mol. The molecule has 2 aromatic rings. The van der Waals surface area contributed by atoms with Gasteiger partial charge in [0.15, 0.2) is 0 Å². The number of fused-ring (bicyclic) bond motifs is 1. The van der Waals surface area contributed by atoms with Gasteiger partial charge in [-0.1, -0.05) is 0 Å². The van der Waals surface area contributed by atoms with E-state index in [0.717, 1.165) is 37.7 Å². The van der Waals surface area contributed by atoms with Gasteiger partial charge in [-0.25, -0.2) is 4.98 Å². The Labute approximate surface area is 141 Å². The van der Waals surface area contributed by atoms with Crippen LogP contribution in [0.2, 0.25) is 0 Å². The summed E-state index contributed by atoms with van der Waals surface area (Å²) in [5.74, 6) is 1.87. The number of carbonyl (C=O) groups is 1. The van der Waals surface area contributed by atoms with E-state index in [2.05, 4.69) is 38.1 Å². The van der Waals surface area contributed by atoms with Gasteiger partial charge in [0.25, 0.3) is 0 Å². The van der Waals surface area contributed by atoms with E-state index in [4.69, 9.17) is 4.98 Å². The molecule has 1 aliphatic carbocycles. The average Bonchev–Trinajstić information content (AvgIpc) is 3.30. The number of hydrogen-bond donors (Lipinski definition) is 1. The van der Waals surface area contributed by atoms with Crippen LogP contribution in [-0.4, -0.2) is 31.9 Å². The fourth-order valence-electron chi connectivity index (χ4n) is 3.17. The first-order chi connectivity index (χ1) is 11.8. The van der Waals surface area contributed by atoms with Gasteiger partial charge < -0.3 is 9.88 Å². The number of amides is 1. The lowest BCUT2D eigenvalue weighted by Crippen LogP contribution is -2.33. The van der Waals surface area contributed by atoms with Gasteiger partial charge in [0.1, 0.15) is 5.82 Å². The number of hydrogen-bond acceptors (Lipinski definition) is 4. The molecule has 2 aliphatic rings. The summed E-state index contributed by atoms with van der Waals surface area (Å²) in [5.41, 5.74) is 2.23. The van der Waals surface area contributed by atoms with Gasteiger partial charge in [0.2, 0.25) is 5.91 Å². The van der Waals surface area contributed by atoms with E-state index in [9.17, 15) is 4.79 Å². The van der Waals surface area contributed by atoms with E-state index in [0.29, 0.717) is 18.9 Å². The minimum absolute atomic E-state index is 0.155. The molecule has 126 valence electrons. The number of nitrogens with one attached hydrogen (secondary N) is 1. The van der Waals surface area contributed by atoms with Crippen molar-refractivity contribution in [2.75, 3.05) is 6.54 Å². The van der Waals surface area contributed by atoms with Crippen LogP contribution in [0.1, 0.15) is 36.3 Å². The minimum atomic E-state index is 0.155. The zero-order chi connectivity index (χ0) is 16.4. The SMILES string of the molecule is O=C(CC1CC1)NCc1cn2c(n1)CN(Cc1ccncc1)CC2. The molecule has 0 spiro atoms. The molecule has 1 fully saturated rings. The summed E-state index contributed by atoms with van der Waals surface area (Å²) >= 11 is 0.